The van der Waals surface area contributed by atoms with Crippen molar-refractivity contribution in [2.45, 2.75) is 12.8 Å². The van der Waals surface area contributed by atoms with Gasteiger partial charge in [-0.15, -0.1) is 22.9 Å². The topological polar surface area (TPSA) is 38.9 Å². The lowest BCUT2D eigenvalue weighted by Crippen LogP contribution is -1.81. The van der Waals surface area contributed by atoms with Crippen LogP contribution in [0.1, 0.15) is 11.3 Å². The summed E-state index contributed by atoms with van der Waals surface area (Å²) >= 11 is 7.25. The van der Waals surface area contributed by atoms with Crippen LogP contribution in [0.2, 0.25) is 0 Å². The second-order valence-corrected chi connectivity index (χ2v) is 3.74. The normalized spacial score (nSPS) is 10.6. The van der Waals surface area contributed by atoms with Crippen LogP contribution in [-0.4, -0.2) is 10.1 Å². The maximum atomic E-state index is 5.71. The maximum Gasteiger partial charge on any atom is 0.146 e. The van der Waals surface area contributed by atoms with E-state index in [1.807, 2.05) is 12.3 Å². The van der Waals surface area contributed by atoms with Gasteiger partial charge in [0, 0.05) is 16.6 Å². The van der Waals surface area contributed by atoms with Gasteiger partial charge in [0.05, 0.1) is 5.88 Å². The van der Waals surface area contributed by atoms with Crippen molar-refractivity contribution in [3.8, 4) is 10.7 Å². The summed E-state index contributed by atoms with van der Waals surface area (Å²) in [5.41, 5.74) is 2.63. The Hall–Kier alpha value is -0.870. The zero-order chi connectivity index (χ0) is 9.26. The number of halogens is 1. The fourth-order valence-electron chi connectivity index (χ4n) is 0.991. The van der Waals surface area contributed by atoms with E-state index in [0.717, 1.165) is 22.0 Å². The van der Waals surface area contributed by atoms with Gasteiger partial charge in [-0.25, -0.2) is 4.98 Å². The Bertz CT molecular complexity index is 410. The quantitative estimate of drug-likeness (QED) is 0.722. The number of aromatic nitrogens is 2. The van der Waals surface area contributed by atoms with Gasteiger partial charge in [-0.2, -0.15) is 0 Å². The van der Waals surface area contributed by atoms with Crippen molar-refractivity contribution in [2.75, 3.05) is 0 Å². The van der Waals surface area contributed by atoms with Crippen molar-refractivity contribution >= 4 is 22.9 Å². The monoisotopic (exact) mass is 214 g/mol. The predicted octanol–water partition coefficient (Wildman–Crippen LogP) is 2.85. The molecule has 2 aromatic rings. The highest BCUT2D eigenvalue weighted by molar-refractivity contribution is 7.13. The highest BCUT2D eigenvalue weighted by Gasteiger charge is 2.11. The first-order valence-electron chi connectivity index (χ1n) is 3.73. The number of hydrogen-bond acceptors (Lipinski definition) is 4. The lowest BCUT2D eigenvalue weighted by molar-refractivity contribution is 0.421. The standard InChI is InChI=1S/C8H7ClN2OS/c1-5-4-13-8(10-5)7-6(2-9)3-12-11-7/h3-4H,2H2,1H3. The van der Waals surface area contributed by atoms with Crippen molar-refractivity contribution in [2.24, 2.45) is 0 Å². The Morgan fingerprint density at radius 2 is 2.46 bits per heavy atom. The van der Waals surface area contributed by atoms with Gasteiger partial charge in [0.25, 0.3) is 0 Å². The Balaban J connectivity index is 2.45. The fraction of sp³-hybridized carbons (Fsp3) is 0.250. The molecule has 13 heavy (non-hydrogen) atoms. The average molecular weight is 215 g/mol. The van der Waals surface area contributed by atoms with Gasteiger partial charge >= 0.3 is 0 Å². The van der Waals surface area contributed by atoms with E-state index in [2.05, 4.69) is 10.1 Å². The van der Waals surface area contributed by atoms with Crippen LogP contribution in [0.25, 0.3) is 10.7 Å². The third-order valence-electron chi connectivity index (χ3n) is 1.61. The molecule has 0 aliphatic carbocycles. The molecule has 2 aromatic heterocycles. The first-order chi connectivity index (χ1) is 6.31. The van der Waals surface area contributed by atoms with Crippen LogP contribution in [0.15, 0.2) is 16.2 Å². The molecule has 5 heteroatoms. The highest BCUT2D eigenvalue weighted by Crippen LogP contribution is 2.26. The first-order valence-corrected chi connectivity index (χ1v) is 5.14. The van der Waals surface area contributed by atoms with Crippen LogP contribution in [0.5, 0.6) is 0 Å². The number of hydrogen-bond donors (Lipinski definition) is 0. The van der Waals surface area contributed by atoms with Crippen molar-refractivity contribution in [1.82, 2.24) is 10.1 Å². The summed E-state index contributed by atoms with van der Waals surface area (Å²) in [6.07, 6.45) is 1.55. The van der Waals surface area contributed by atoms with Crippen LogP contribution in [0.4, 0.5) is 0 Å². The van der Waals surface area contributed by atoms with Crippen molar-refractivity contribution in [3.05, 3.63) is 22.9 Å². The largest absolute Gasteiger partial charge is 0.364 e. The smallest absolute Gasteiger partial charge is 0.146 e. The van der Waals surface area contributed by atoms with Crippen LogP contribution in [-0.2, 0) is 5.88 Å². The molecule has 0 aromatic carbocycles. The van der Waals surface area contributed by atoms with E-state index >= 15 is 0 Å². The lowest BCUT2D eigenvalue weighted by Gasteiger charge is -1.89. The van der Waals surface area contributed by atoms with E-state index in [0.29, 0.717) is 5.88 Å². The Labute approximate surface area is 84.3 Å². The molecule has 0 saturated carbocycles. The van der Waals surface area contributed by atoms with Gasteiger partial charge in [0.1, 0.15) is 17.0 Å². The predicted molar refractivity (Wildman–Crippen MR) is 51.9 cm³/mol. The summed E-state index contributed by atoms with van der Waals surface area (Å²) in [6, 6.07) is 0. The molecule has 0 radical (unpaired) electrons. The minimum atomic E-state index is 0.400. The molecule has 0 unspecified atom stereocenters. The SMILES string of the molecule is Cc1csc(-c2nocc2CCl)n1. The first kappa shape index (κ1) is 8.72. The number of rotatable bonds is 2. The summed E-state index contributed by atoms with van der Waals surface area (Å²) in [5, 5.41) is 6.70. The second-order valence-electron chi connectivity index (χ2n) is 2.62. The Morgan fingerprint density at radius 1 is 1.62 bits per heavy atom. The van der Waals surface area contributed by atoms with Gasteiger partial charge in [0.2, 0.25) is 0 Å². The number of aryl methyl sites for hydroxylation is 1. The van der Waals surface area contributed by atoms with Crippen LogP contribution in [0.3, 0.4) is 0 Å². The Kier molecular flexibility index (Phi) is 2.33. The molecule has 0 saturated heterocycles. The summed E-state index contributed by atoms with van der Waals surface area (Å²) in [5.74, 6) is 0.400. The molecular weight excluding hydrogens is 208 g/mol. The minimum Gasteiger partial charge on any atom is -0.364 e. The van der Waals surface area contributed by atoms with E-state index < -0.39 is 0 Å². The van der Waals surface area contributed by atoms with E-state index in [1.54, 1.807) is 17.6 Å². The van der Waals surface area contributed by atoms with E-state index in [1.165, 1.54) is 0 Å². The molecule has 0 aliphatic rings. The van der Waals surface area contributed by atoms with Crippen molar-refractivity contribution in [3.63, 3.8) is 0 Å². The van der Waals surface area contributed by atoms with Gasteiger partial charge in [-0.1, -0.05) is 5.16 Å². The second kappa shape index (κ2) is 3.47. The van der Waals surface area contributed by atoms with E-state index in [4.69, 9.17) is 16.1 Å². The molecule has 0 spiro atoms. The molecule has 68 valence electrons. The average Bonchev–Trinajstić information content (AvgIpc) is 2.71. The molecule has 0 bridgehead atoms. The van der Waals surface area contributed by atoms with Gasteiger partial charge in [-0.3, -0.25) is 0 Å². The Morgan fingerprint density at radius 3 is 3.08 bits per heavy atom. The van der Waals surface area contributed by atoms with E-state index in [9.17, 15) is 0 Å². The van der Waals surface area contributed by atoms with Crippen molar-refractivity contribution < 1.29 is 4.52 Å². The molecular formula is C8H7ClN2OS. The fourth-order valence-corrected chi connectivity index (χ4v) is 1.99. The molecule has 0 aliphatic heterocycles. The van der Waals surface area contributed by atoms with Crippen LogP contribution < -0.4 is 0 Å². The molecule has 3 nitrogen and oxygen atoms in total. The van der Waals surface area contributed by atoms with Gasteiger partial charge < -0.3 is 4.52 Å². The molecule has 0 N–H and O–H groups in total. The third-order valence-corrected chi connectivity index (χ3v) is 2.86. The molecule has 0 amide bonds. The van der Waals surface area contributed by atoms with Crippen molar-refractivity contribution in [1.29, 1.82) is 0 Å². The van der Waals surface area contributed by atoms with E-state index in [-0.39, 0.29) is 0 Å². The van der Waals surface area contributed by atoms with Gasteiger partial charge in [-0.05, 0) is 6.92 Å². The summed E-state index contributed by atoms with van der Waals surface area (Å²) in [7, 11) is 0. The summed E-state index contributed by atoms with van der Waals surface area (Å²) in [6.45, 7) is 1.94. The highest BCUT2D eigenvalue weighted by atomic mass is 35.5. The zero-order valence-electron chi connectivity index (χ0n) is 6.95. The van der Waals surface area contributed by atoms with Gasteiger partial charge in [0.15, 0.2) is 0 Å². The zero-order valence-corrected chi connectivity index (χ0v) is 8.52. The maximum absolute atomic E-state index is 5.71. The molecule has 2 rings (SSSR count). The minimum absolute atomic E-state index is 0.400. The summed E-state index contributed by atoms with van der Waals surface area (Å²) in [4.78, 5) is 4.30. The molecule has 0 atom stereocenters. The number of alkyl halides is 1. The molecule has 0 fully saturated rings. The summed E-state index contributed by atoms with van der Waals surface area (Å²) < 4.78 is 4.83. The number of thiazole rings is 1. The van der Waals surface area contributed by atoms with Crippen LogP contribution >= 0.6 is 22.9 Å². The third kappa shape index (κ3) is 1.59. The lowest BCUT2D eigenvalue weighted by atomic mass is 10.3. The van der Waals surface area contributed by atoms with Crippen LogP contribution in [0, 0.1) is 6.92 Å². The number of nitrogens with zero attached hydrogens (tertiary/aromatic N) is 2. The molecule has 2 heterocycles.